The molecule has 0 unspecified atom stereocenters. The molecule has 228 valence electrons. The predicted molar refractivity (Wildman–Crippen MR) is 174 cm³/mol. The van der Waals surface area contributed by atoms with Gasteiger partial charge in [0.2, 0.25) is 11.8 Å². The Morgan fingerprint density at radius 1 is 1.18 bits per heavy atom. The highest BCUT2D eigenvalue weighted by Gasteiger charge is 2.35. The highest BCUT2D eigenvalue weighted by Crippen LogP contribution is 2.40. The highest BCUT2D eigenvalue weighted by molar-refractivity contribution is 5.97. The van der Waals surface area contributed by atoms with Gasteiger partial charge in [-0.1, -0.05) is 43.8 Å². The van der Waals surface area contributed by atoms with Crippen molar-refractivity contribution < 1.29 is 9.53 Å². The van der Waals surface area contributed by atoms with Crippen LogP contribution < -0.4 is 14.5 Å². The molecule has 0 N–H and O–H groups in total. The van der Waals surface area contributed by atoms with E-state index >= 15 is 0 Å². The number of carbonyl (C=O) groups excluding carboxylic acids is 1. The molecule has 5 rings (SSSR count). The lowest BCUT2D eigenvalue weighted by molar-refractivity contribution is -0.128. The first kappa shape index (κ1) is 30.8. The van der Waals surface area contributed by atoms with Crippen molar-refractivity contribution in [2.45, 2.75) is 51.8 Å². The lowest BCUT2D eigenvalue weighted by Crippen LogP contribution is -2.55. The molecule has 9 heteroatoms. The number of nitrogens with zero attached hydrogens (tertiary/aromatic N) is 7. The van der Waals surface area contributed by atoms with E-state index in [4.69, 9.17) is 9.72 Å². The monoisotopic (exact) mass is 591 g/mol. The Morgan fingerprint density at radius 3 is 2.64 bits per heavy atom. The van der Waals surface area contributed by atoms with Crippen LogP contribution in [0.4, 0.5) is 11.4 Å². The van der Waals surface area contributed by atoms with Crippen LogP contribution in [-0.4, -0.2) is 79.7 Å². The second-order valence-corrected chi connectivity index (χ2v) is 11.9. The molecule has 0 aliphatic carbocycles. The third-order valence-electron chi connectivity index (χ3n) is 8.72. The number of anilines is 2. The fourth-order valence-corrected chi connectivity index (χ4v) is 6.61. The fraction of sp³-hybridized carbons (Fsp3) is 0.429. The maximum absolute atomic E-state index is 12.6. The molecule has 1 amide bonds. The van der Waals surface area contributed by atoms with Gasteiger partial charge >= 0.3 is 0 Å². The van der Waals surface area contributed by atoms with Crippen LogP contribution in [0.2, 0.25) is 0 Å². The van der Waals surface area contributed by atoms with Crippen molar-refractivity contribution in [2.24, 2.45) is 0 Å². The maximum atomic E-state index is 12.6. The van der Waals surface area contributed by atoms with Crippen LogP contribution in [0.1, 0.15) is 42.1 Å². The number of fused-ring (bicyclic) bond motifs is 2. The Labute approximate surface area is 260 Å². The SMILES string of the molecule is C=CC(=O)N1CCN(c2c(C#N)c(O[C@H](CC)CN(C)C)nc3c2CCN(c2cccc4cccc(C)c24)C3)C[C@@H]1CC#N. The van der Waals surface area contributed by atoms with Gasteiger partial charge in [0, 0.05) is 49.4 Å². The lowest BCUT2D eigenvalue weighted by atomic mass is 9.95. The molecule has 0 spiro atoms. The van der Waals surface area contributed by atoms with E-state index in [2.05, 4.69) is 83.7 Å². The normalized spacial score (nSPS) is 17.2. The number of aryl methyl sites for hydroxylation is 1. The van der Waals surface area contributed by atoms with Gasteiger partial charge in [0.15, 0.2) is 0 Å². The molecule has 1 fully saturated rings. The van der Waals surface area contributed by atoms with Crippen molar-refractivity contribution >= 4 is 28.1 Å². The van der Waals surface area contributed by atoms with E-state index in [-0.39, 0.29) is 24.5 Å². The minimum atomic E-state index is -0.310. The van der Waals surface area contributed by atoms with E-state index in [1.54, 1.807) is 4.90 Å². The predicted octanol–water partition coefficient (Wildman–Crippen LogP) is 4.81. The Balaban J connectivity index is 1.60. The van der Waals surface area contributed by atoms with E-state index in [1.807, 2.05) is 14.1 Å². The molecule has 2 aliphatic heterocycles. The topological polar surface area (TPSA) is 99.7 Å². The number of nitriles is 2. The molecule has 44 heavy (non-hydrogen) atoms. The van der Waals surface area contributed by atoms with Gasteiger partial charge in [-0.2, -0.15) is 10.5 Å². The van der Waals surface area contributed by atoms with E-state index in [9.17, 15) is 15.3 Å². The van der Waals surface area contributed by atoms with Gasteiger partial charge in [0.05, 0.1) is 36.5 Å². The first-order valence-corrected chi connectivity index (χ1v) is 15.3. The maximum Gasteiger partial charge on any atom is 0.246 e. The van der Waals surface area contributed by atoms with Crippen molar-refractivity contribution in [3.63, 3.8) is 0 Å². The van der Waals surface area contributed by atoms with Gasteiger partial charge in [-0.25, -0.2) is 4.98 Å². The number of ether oxygens (including phenoxy) is 1. The fourth-order valence-electron chi connectivity index (χ4n) is 6.61. The summed E-state index contributed by atoms with van der Waals surface area (Å²) in [5.41, 5.74) is 5.59. The molecule has 0 saturated carbocycles. The molecule has 0 bridgehead atoms. The van der Waals surface area contributed by atoms with Gasteiger partial charge in [0.1, 0.15) is 17.7 Å². The smallest absolute Gasteiger partial charge is 0.246 e. The van der Waals surface area contributed by atoms with E-state index in [0.29, 0.717) is 50.6 Å². The quantitative estimate of drug-likeness (QED) is 0.327. The largest absolute Gasteiger partial charge is 0.472 e. The Kier molecular flexibility index (Phi) is 9.37. The van der Waals surface area contributed by atoms with E-state index < -0.39 is 0 Å². The van der Waals surface area contributed by atoms with E-state index in [1.165, 1.54) is 28.1 Å². The van der Waals surface area contributed by atoms with Crippen LogP contribution in [0.25, 0.3) is 10.8 Å². The number of hydrogen-bond acceptors (Lipinski definition) is 8. The summed E-state index contributed by atoms with van der Waals surface area (Å²) in [7, 11) is 4.01. The molecule has 1 saturated heterocycles. The molecule has 2 aliphatic rings. The zero-order valence-corrected chi connectivity index (χ0v) is 26.2. The molecule has 1 aromatic heterocycles. The van der Waals surface area contributed by atoms with Crippen LogP contribution in [-0.2, 0) is 17.8 Å². The molecule has 9 nitrogen and oxygen atoms in total. The van der Waals surface area contributed by atoms with Gasteiger partial charge in [-0.15, -0.1) is 0 Å². The summed E-state index contributed by atoms with van der Waals surface area (Å²) in [6.07, 6.45) is 2.84. The zero-order valence-electron chi connectivity index (χ0n) is 26.2. The number of pyridine rings is 1. The minimum Gasteiger partial charge on any atom is -0.472 e. The van der Waals surface area contributed by atoms with Crippen molar-refractivity contribution in [2.75, 3.05) is 56.6 Å². The van der Waals surface area contributed by atoms with Crippen molar-refractivity contribution in [1.29, 1.82) is 10.5 Å². The molecule has 2 atom stereocenters. The molecule has 0 radical (unpaired) electrons. The average Bonchev–Trinajstić information content (AvgIpc) is 3.03. The number of hydrogen-bond donors (Lipinski definition) is 0. The third-order valence-corrected chi connectivity index (χ3v) is 8.72. The van der Waals surface area contributed by atoms with Gasteiger partial charge in [-0.05, 0) is 57.0 Å². The minimum absolute atomic E-state index is 0.135. The molecule has 2 aromatic carbocycles. The number of likely N-dealkylation sites (N-methyl/N-ethyl adjacent to an activating group) is 1. The Morgan fingerprint density at radius 2 is 1.95 bits per heavy atom. The Bertz CT molecular complexity index is 1630. The number of benzene rings is 2. The van der Waals surface area contributed by atoms with Gasteiger partial charge < -0.3 is 24.3 Å². The molecule has 3 aromatic rings. The average molecular weight is 592 g/mol. The molecular formula is C35H41N7O2. The van der Waals surface area contributed by atoms with Crippen LogP contribution in [0, 0.1) is 29.6 Å². The molecule has 3 heterocycles. The summed E-state index contributed by atoms with van der Waals surface area (Å²) in [6.45, 7) is 11.3. The lowest BCUT2D eigenvalue weighted by Gasteiger charge is -2.43. The summed E-state index contributed by atoms with van der Waals surface area (Å²) >= 11 is 0. The van der Waals surface area contributed by atoms with Crippen LogP contribution in [0.3, 0.4) is 0 Å². The van der Waals surface area contributed by atoms with Crippen molar-refractivity contribution in [1.82, 2.24) is 14.8 Å². The second kappa shape index (κ2) is 13.4. The van der Waals surface area contributed by atoms with Gasteiger partial charge in [-0.3, -0.25) is 4.79 Å². The van der Waals surface area contributed by atoms with Crippen LogP contribution >= 0.6 is 0 Å². The first-order valence-electron chi connectivity index (χ1n) is 15.3. The summed E-state index contributed by atoms with van der Waals surface area (Å²) in [6, 6.07) is 17.2. The summed E-state index contributed by atoms with van der Waals surface area (Å²) in [5.74, 6) is 0.175. The van der Waals surface area contributed by atoms with Crippen LogP contribution in [0.5, 0.6) is 5.88 Å². The number of carbonyl (C=O) groups is 1. The van der Waals surface area contributed by atoms with E-state index in [0.717, 1.165) is 29.9 Å². The van der Waals surface area contributed by atoms with Crippen LogP contribution in [0.15, 0.2) is 49.1 Å². The van der Waals surface area contributed by atoms with Crippen molar-refractivity contribution in [3.05, 3.63) is 71.4 Å². The number of aromatic nitrogens is 1. The summed E-state index contributed by atoms with van der Waals surface area (Å²) < 4.78 is 6.52. The first-order chi connectivity index (χ1) is 21.3. The Hall–Kier alpha value is -4.60. The summed E-state index contributed by atoms with van der Waals surface area (Å²) in [5, 5.41) is 22.6. The number of piperazine rings is 1. The number of rotatable bonds is 9. The van der Waals surface area contributed by atoms with Crippen molar-refractivity contribution in [3.8, 4) is 18.0 Å². The summed E-state index contributed by atoms with van der Waals surface area (Å²) in [4.78, 5) is 26.0. The highest BCUT2D eigenvalue weighted by atomic mass is 16.5. The standard InChI is InChI=1S/C35H41N7O2/c1-6-27(22-39(4)5)44-35-29(20-37)34(41-18-19-42(32(43)7-2)26(21-41)14-16-36)28-15-17-40(23-30(28)38-35)31-13-9-12-25-11-8-10-24(3)33(25)31/h7-13,26-27H,2,6,14-15,17-19,21-23H2,1,3-5H3/t26-,27+/m0/s1. The third kappa shape index (κ3) is 6.06. The molecular weight excluding hydrogens is 550 g/mol. The zero-order chi connectivity index (χ0) is 31.4. The second-order valence-electron chi connectivity index (χ2n) is 11.9. The number of amides is 1. The van der Waals surface area contributed by atoms with Gasteiger partial charge in [0.25, 0.3) is 0 Å².